The Bertz CT molecular complexity index is 466. The molecular weight excluding hydrogens is 222 g/mol. The number of hydrogen-bond acceptors (Lipinski definition) is 3. The van der Waals surface area contributed by atoms with Gasteiger partial charge in [0.1, 0.15) is 0 Å². The molecule has 0 saturated carbocycles. The van der Waals surface area contributed by atoms with Crippen LogP contribution in [0.2, 0.25) is 0 Å². The number of rotatable bonds is 2. The summed E-state index contributed by atoms with van der Waals surface area (Å²) in [5.41, 5.74) is 2.55. The fourth-order valence-electron chi connectivity index (χ4n) is 3.29. The van der Waals surface area contributed by atoms with Crippen LogP contribution in [0.3, 0.4) is 0 Å². The molecule has 0 amide bonds. The zero-order valence-corrected chi connectivity index (χ0v) is 10.9. The Balaban J connectivity index is 1.67. The van der Waals surface area contributed by atoms with Gasteiger partial charge in [0.05, 0.1) is 11.6 Å². The van der Waals surface area contributed by atoms with Gasteiger partial charge in [0, 0.05) is 37.3 Å². The number of nitrogens with zero attached hydrogens (tertiary/aromatic N) is 3. The Morgan fingerprint density at radius 2 is 1.94 bits per heavy atom. The molecule has 2 aliphatic heterocycles. The zero-order valence-electron chi connectivity index (χ0n) is 10.9. The van der Waals surface area contributed by atoms with Crippen LogP contribution in [-0.2, 0) is 0 Å². The van der Waals surface area contributed by atoms with E-state index in [1.807, 2.05) is 12.1 Å². The molecule has 18 heavy (non-hydrogen) atoms. The Morgan fingerprint density at radius 1 is 1.22 bits per heavy atom. The number of nitriles is 1. The van der Waals surface area contributed by atoms with Gasteiger partial charge in [0.2, 0.25) is 0 Å². The molecule has 2 aliphatic rings. The van der Waals surface area contributed by atoms with Gasteiger partial charge in [-0.25, -0.2) is 0 Å². The van der Waals surface area contributed by atoms with Crippen LogP contribution in [0.1, 0.15) is 18.9 Å². The molecule has 0 radical (unpaired) electrons. The number of hydrogen-bond donors (Lipinski definition) is 0. The summed E-state index contributed by atoms with van der Waals surface area (Å²) in [6.07, 6.45) is 1.31. The average Bonchev–Trinajstić information content (AvgIpc) is 2.82. The first-order valence-corrected chi connectivity index (χ1v) is 6.72. The van der Waals surface area contributed by atoms with Gasteiger partial charge in [0.15, 0.2) is 0 Å². The highest BCUT2D eigenvalue weighted by atomic mass is 15.3. The highest BCUT2D eigenvalue weighted by Crippen LogP contribution is 2.40. The lowest BCUT2D eigenvalue weighted by atomic mass is 9.79. The molecule has 1 spiro atoms. The number of anilines is 1. The van der Waals surface area contributed by atoms with Crippen LogP contribution >= 0.6 is 0 Å². The van der Waals surface area contributed by atoms with Crippen molar-refractivity contribution in [1.29, 1.82) is 5.26 Å². The predicted molar refractivity (Wildman–Crippen MR) is 72.5 cm³/mol. The van der Waals surface area contributed by atoms with E-state index >= 15 is 0 Å². The normalized spacial score (nSPS) is 21.9. The second-order valence-electron chi connectivity index (χ2n) is 5.63. The third-order valence-corrected chi connectivity index (χ3v) is 4.37. The van der Waals surface area contributed by atoms with Crippen LogP contribution in [0.5, 0.6) is 0 Å². The van der Waals surface area contributed by atoms with E-state index < -0.39 is 0 Å². The van der Waals surface area contributed by atoms with E-state index in [4.69, 9.17) is 5.26 Å². The molecule has 94 valence electrons. The first-order valence-electron chi connectivity index (χ1n) is 6.72. The minimum Gasteiger partial charge on any atom is -0.371 e. The molecule has 3 heteroatoms. The molecule has 2 fully saturated rings. The third-order valence-electron chi connectivity index (χ3n) is 4.37. The second kappa shape index (κ2) is 4.29. The van der Waals surface area contributed by atoms with Gasteiger partial charge >= 0.3 is 0 Å². The minimum atomic E-state index is 0.546. The molecule has 0 aromatic heterocycles. The molecule has 3 rings (SSSR count). The highest BCUT2D eigenvalue weighted by Gasteiger charge is 2.46. The molecule has 2 saturated heterocycles. The summed E-state index contributed by atoms with van der Waals surface area (Å²) in [4.78, 5) is 4.98. The van der Waals surface area contributed by atoms with Crippen LogP contribution in [0.4, 0.5) is 5.69 Å². The molecule has 0 unspecified atom stereocenters. The van der Waals surface area contributed by atoms with Gasteiger partial charge in [-0.2, -0.15) is 5.26 Å². The van der Waals surface area contributed by atoms with Crippen LogP contribution in [0.25, 0.3) is 0 Å². The zero-order chi connectivity index (χ0) is 12.6. The van der Waals surface area contributed by atoms with Crippen LogP contribution < -0.4 is 4.90 Å². The second-order valence-corrected chi connectivity index (χ2v) is 5.63. The van der Waals surface area contributed by atoms with E-state index in [-0.39, 0.29) is 0 Å². The van der Waals surface area contributed by atoms with E-state index in [1.54, 1.807) is 0 Å². The van der Waals surface area contributed by atoms with E-state index in [0.29, 0.717) is 5.41 Å². The molecule has 0 bridgehead atoms. The fourth-order valence-corrected chi connectivity index (χ4v) is 3.29. The maximum atomic E-state index is 8.81. The van der Waals surface area contributed by atoms with E-state index in [9.17, 15) is 0 Å². The predicted octanol–water partition coefficient (Wildman–Crippen LogP) is 2.09. The fraction of sp³-hybridized carbons (Fsp3) is 0.533. The molecule has 0 N–H and O–H groups in total. The van der Waals surface area contributed by atoms with Crippen molar-refractivity contribution >= 4 is 5.69 Å². The molecule has 2 heterocycles. The lowest BCUT2D eigenvalue weighted by molar-refractivity contribution is 0.0232. The summed E-state index contributed by atoms with van der Waals surface area (Å²) in [5, 5.41) is 8.81. The Hall–Kier alpha value is -1.53. The summed E-state index contributed by atoms with van der Waals surface area (Å²) in [5.74, 6) is 0. The SMILES string of the molecule is CCN1CC2(CCN(c3ccc(C#N)cc3)C2)C1. The Morgan fingerprint density at radius 3 is 2.56 bits per heavy atom. The van der Waals surface area contributed by atoms with Gasteiger partial charge in [0.25, 0.3) is 0 Å². The van der Waals surface area contributed by atoms with Gasteiger partial charge in [-0.1, -0.05) is 6.92 Å². The van der Waals surface area contributed by atoms with Crippen molar-refractivity contribution in [3.8, 4) is 6.07 Å². The van der Waals surface area contributed by atoms with Crippen molar-refractivity contribution in [2.24, 2.45) is 5.41 Å². The van der Waals surface area contributed by atoms with Gasteiger partial charge in [-0.15, -0.1) is 0 Å². The highest BCUT2D eigenvalue weighted by molar-refractivity contribution is 5.51. The van der Waals surface area contributed by atoms with Crippen molar-refractivity contribution in [2.45, 2.75) is 13.3 Å². The lowest BCUT2D eigenvalue weighted by Crippen LogP contribution is -2.57. The topological polar surface area (TPSA) is 30.3 Å². The van der Waals surface area contributed by atoms with Crippen LogP contribution in [-0.4, -0.2) is 37.6 Å². The van der Waals surface area contributed by atoms with Crippen molar-refractivity contribution in [3.63, 3.8) is 0 Å². The smallest absolute Gasteiger partial charge is 0.0991 e. The first kappa shape index (κ1) is 11.6. The number of benzene rings is 1. The van der Waals surface area contributed by atoms with E-state index in [1.165, 1.54) is 38.3 Å². The quantitative estimate of drug-likeness (QED) is 0.794. The molecule has 3 nitrogen and oxygen atoms in total. The summed E-state index contributed by atoms with van der Waals surface area (Å²) in [6.45, 7) is 8.27. The molecule has 1 aromatic carbocycles. The van der Waals surface area contributed by atoms with Crippen LogP contribution in [0, 0.1) is 16.7 Å². The van der Waals surface area contributed by atoms with Crippen molar-refractivity contribution in [3.05, 3.63) is 29.8 Å². The number of likely N-dealkylation sites (tertiary alicyclic amines) is 1. The van der Waals surface area contributed by atoms with E-state index in [0.717, 1.165) is 12.1 Å². The Labute approximate surface area is 109 Å². The van der Waals surface area contributed by atoms with Crippen molar-refractivity contribution in [1.82, 2.24) is 4.90 Å². The monoisotopic (exact) mass is 241 g/mol. The Kier molecular flexibility index (Phi) is 2.76. The van der Waals surface area contributed by atoms with E-state index in [2.05, 4.69) is 34.9 Å². The van der Waals surface area contributed by atoms with Gasteiger partial charge in [-0.3, -0.25) is 0 Å². The minimum absolute atomic E-state index is 0.546. The maximum absolute atomic E-state index is 8.81. The lowest BCUT2D eigenvalue weighted by Gasteiger charge is -2.47. The van der Waals surface area contributed by atoms with Crippen molar-refractivity contribution < 1.29 is 0 Å². The average molecular weight is 241 g/mol. The van der Waals surface area contributed by atoms with Gasteiger partial charge in [-0.05, 0) is 37.2 Å². The molecule has 0 aliphatic carbocycles. The first-order chi connectivity index (χ1) is 8.74. The van der Waals surface area contributed by atoms with Crippen molar-refractivity contribution in [2.75, 3.05) is 37.6 Å². The summed E-state index contributed by atoms with van der Waals surface area (Å²) >= 11 is 0. The standard InChI is InChI=1S/C15H19N3/c1-2-17-10-15(11-17)7-8-18(12-15)14-5-3-13(9-16)4-6-14/h3-6H,2,7-8,10-12H2,1H3. The largest absolute Gasteiger partial charge is 0.371 e. The molecule has 0 atom stereocenters. The maximum Gasteiger partial charge on any atom is 0.0991 e. The summed E-state index contributed by atoms with van der Waals surface area (Å²) in [6, 6.07) is 10.2. The third kappa shape index (κ3) is 1.87. The molecular formula is C15H19N3. The summed E-state index contributed by atoms with van der Waals surface area (Å²) in [7, 11) is 0. The van der Waals surface area contributed by atoms with Gasteiger partial charge < -0.3 is 9.80 Å². The summed E-state index contributed by atoms with van der Waals surface area (Å²) < 4.78 is 0. The molecule has 1 aromatic rings. The van der Waals surface area contributed by atoms with Crippen LogP contribution in [0.15, 0.2) is 24.3 Å².